The average molecular weight is 295 g/mol. The molecule has 0 aromatic heterocycles. The second kappa shape index (κ2) is 7.97. The highest BCUT2D eigenvalue weighted by Gasteiger charge is 2.36. The molecule has 1 saturated carbocycles. The molecular formula is C19H38N2. The van der Waals surface area contributed by atoms with Crippen molar-refractivity contribution in [2.45, 2.75) is 78.7 Å². The summed E-state index contributed by atoms with van der Waals surface area (Å²) < 4.78 is 0. The monoisotopic (exact) mass is 294 g/mol. The van der Waals surface area contributed by atoms with Gasteiger partial charge in [0.25, 0.3) is 0 Å². The summed E-state index contributed by atoms with van der Waals surface area (Å²) in [5.74, 6) is 1.90. The van der Waals surface area contributed by atoms with Gasteiger partial charge in [-0.05, 0) is 49.5 Å². The highest BCUT2D eigenvalue weighted by atomic mass is 15.1. The van der Waals surface area contributed by atoms with Gasteiger partial charge in [-0.2, -0.15) is 0 Å². The van der Waals surface area contributed by atoms with Crippen LogP contribution in [0.15, 0.2) is 0 Å². The Labute approximate surface area is 133 Å². The fourth-order valence-electron chi connectivity index (χ4n) is 4.29. The smallest absolute Gasteiger partial charge is 0.00503 e. The van der Waals surface area contributed by atoms with Crippen molar-refractivity contribution < 1.29 is 0 Å². The molecule has 21 heavy (non-hydrogen) atoms. The van der Waals surface area contributed by atoms with Gasteiger partial charge in [0.15, 0.2) is 0 Å². The number of nitrogens with zero attached hydrogens (tertiary/aromatic N) is 1. The van der Waals surface area contributed by atoms with E-state index in [-0.39, 0.29) is 0 Å². The van der Waals surface area contributed by atoms with E-state index in [1.54, 1.807) is 0 Å². The fourth-order valence-corrected chi connectivity index (χ4v) is 4.29. The minimum atomic E-state index is 0.548. The SMILES string of the molecule is CCC1CCCN(CC2(CNC(C)C)CCC(C)CC2)C1. The maximum Gasteiger partial charge on any atom is 0.00503 e. The molecule has 1 aliphatic carbocycles. The largest absolute Gasteiger partial charge is 0.314 e. The van der Waals surface area contributed by atoms with Gasteiger partial charge < -0.3 is 10.2 Å². The zero-order valence-electron chi connectivity index (χ0n) is 15.0. The molecule has 1 heterocycles. The minimum Gasteiger partial charge on any atom is -0.314 e. The van der Waals surface area contributed by atoms with Crippen LogP contribution in [-0.4, -0.2) is 37.1 Å². The third-order valence-electron chi connectivity index (χ3n) is 5.96. The maximum atomic E-state index is 3.76. The molecule has 1 aliphatic heterocycles. The molecule has 2 nitrogen and oxygen atoms in total. The van der Waals surface area contributed by atoms with Crippen molar-refractivity contribution in [2.24, 2.45) is 17.3 Å². The number of nitrogens with one attached hydrogen (secondary N) is 1. The van der Waals surface area contributed by atoms with Gasteiger partial charge in [-0.1, -0.05) is 47.0 Å². The molecule has 0 amide bonds. The summed E-state index contributed by atoms with van der Waals surface area (Å²) in [6, 6.07) is 0.617. The Balaban J connectivity index is 1.94. The van der Waals surface area contributed by atoms with Crippen LogP contribution in [-0.2, 0) is 0 Å². The lowest BCUT2D eigenvalue weighted by Crippen LogP contribution is -2.49. The van der Waals surface area contributed by atoms with E-state index in [4.69, 9.17) is 0 Å². The van der Waals surface area contributed by atoms with E-state index in [1.165, 1.54) is 71.1 Å². The molecule has 1 unspecified atom stereocenters. The molecule has 124 valence electrons. The topological polar surface area (TPSA) is 15.3 Å². The van der Waals surface area contributed by atoms with Crippen LogP contribution in [0.25, 0.3) is 0 Å². The molecule has 2 rings (SSSR count). The highest BCUT2D eigenvalue weighted by molar-refractivity contribution is 4.91. The second-order valence-electron chi connectivity index (χ2n) is 8.37. The molecule has 2 heteroatoms. The fraction of sp³-hybridized carbons (Fsp3) is 1.00. The number of piperidine rings is 1. The molecule has 0 radical (unpaired) electrons. The van der Waals surface area contributed by atoms with E-state index in [0.29, 0.717) is 11.5 Å². The number of hydrogen-bond donors (Lipinski definition) is 1. The van der Waals surface area contributed by atoms with Crippen LogP contribution in [0.3, 0.4) is 0 Å². The van der Waals surface area contributed by atoms with Crippen LogP contribution in [0.1, 0.15) is 72.6 Å². The summed E-state index contributed by atoms with van der Waals surface area (Å²) >= 11 is 0. The Bertz CT molecular complexity index is 292. The van der Waals surface area contributed by atoms with E-state index in [2.05, 4.69) is 37.9 Å². The van der Waals surface area contributed by atoms with Crippen molar-refractivity contribution in [3.8, 4) is 0 Å². The molecule has 2 fully saturated rings. The summed E-state index contributed by atoms with van der Waals surface area (Å²) in [6.07, 6.45) is 9.98. The van der Waals surface area contributed by atoms with Gasteiger partial charge >= 0.3 is 0 Å². The van der Waals surface area contributed by atoms with Gasteiger partial charge in [0, 0.05) is 25.7 Å². The zero-order valence-corrected chi connectivity index (χ0v) is 15.0. The maximum absolute atomic E-state index is 3.76. The van der Waals surface area contributed by atoms with Gasteiger partial charge in [0.05, 0.1) is 0 Å². The second-order valence-corrected chi connectivity index (χ2v) is 8.37. The van der Waals surface area contributed by atoms with E-state index in [0.717, 1.165) is 11.8 Å². The Morgan fingerprint density at radius 1 is 1.19 bits per heavy atom. The lowest BCUT2D eigenvalue weighted by atomic mass is 9.70. The molecule has 1 N–H and O–H groups in total. The lowest BCUT2D eigenvalue weighted by molar-refractivity contribution is 0.0598. The minimum absolute atomic E-state index is 0.548. The van der Waals surface area contributed by atoms with Gasteiger partial charge in [-0.25, -0.2) is 0 Å². The first-order valence-electron chi connectivity index (χ1n) is 9.49. The quantitative estimate of drug-likeness (QED) is 0.785. The first-order chi connectivity index (χ1) is 10.0. The molecule has 2 aliphatic rings. The van der Waals surface area contributed by atoms with Gasteiger partial charge in [0.2, 0.25) is 0 Å². The van der Waals surface area contributed by atoms with Crippen LogP contribution < -0.4 is 5.32 Å². The third kappa shape index (κ3) is 5.25. The highest BCUT2D eigenvalue weighted by Crippen LogP contribution is 2.40. The predicted octanol–water partition coefficient (Wildman–Crippen LogP) is 4.30. The number of likely N-dealkylation sites (tertiary alicyclic amines) is 1. The van der Waals surface area contributed by atoms with E-state index < -0.39 is 0 Å². The first kappa shape index (κ1) is 17.3. The van der Waals surface area contributed by atoms with Crippen molar-refractivity contribution in [1.29, 1.82) is 0 Å². The summed E-state index contributed by atoms with van der Waals surface area (Å²) in [6.45, 7) is 14.6. The van der Waals surface area contributed by atoms with Crippen LogP contribution in [0.5, 0.6) is 0 Å². The lowest BCUT2D eigenvalue weighted by Gasteiger charge is -2.45. The molecule has 0 bridgehead atoms. The summed E-state index contributed by atoms with van der Waals surface area (Å²) in [7, 11) is 0. The normalized spacial score (nSPS) is 35.3. The summed E-state index contributed by atoms with van der Waals surface area (Å²) in [4.78, 5) is 2.80. The standard InChI is InChI=1S/C19H38N2/c1-5-18-7-6-12-21(13-18)15-19(14-20-16(2)3)10-8-17(4)9-11-19/h16-18,20H,5-15H2,1-4H3. The van der Waals surface area contributed by atoms with Crippen LogP contribution in [0, 0.1) is 17.3 Å². The summed E-state index contributed by atoms with van der Waals surface area (Å²) in [5.41, 5.74) is 0.548. The van der Waals surface area contributed by atoms with Gasteiger partial charge in [-0.15, -0.1) is 0 Å². The van der Waals surface area contributed by atoms with Crippen molar-refractivity contribution in [3.63, 3.8) is 0 Å². The zero-order chi connectivity index (χ0) is 15.3. The Hall–Kier alpha value is -0.0800. The molecule has 0 aromatic rings. The summed E-state index contributed by atoms with van der Waals surface area (Å²) in [5, 5.41) is 3.76. The molecule has 1 atom stereocenters. The number of hydrogen-bond acceptors (Lipinski definition) is 2. The first-order valence-corrected chi connectivity index (χ1v) is 9.49. The van der Waals surface area contributed by atoms with Crippen LogP contribution in [0.2, 0.25) is 0 Å². The molecule has 0 aromatic carbocycles. The van der Waals surface area contributed by atoms with Crippen LogP contribution >= 0.6 is 0 Å². The van der Waals surface area contributed by atoms with Gasteiger partial charge in [0.1, 0.15) is 0 Å². The van der Waals surface area contributed by atoms with E-state index in [9.17, 15) is 0 Å². The Morgan fingerprint density at radius 2 is 1.90 bits per heavy atom. The van der Waals surface area contributed by atoms with Crippen molar-refractivity contribution in [2.75, 3.05) is 26.2 Å². The molecular weight excluding hydrogens is 256 g/mol. The third-order valence-corrected chi connectivity index (χ3v) is 5.96. The van der Waals surface area contributed by atoms with Crippen molar-refractivity contribution in [1.82, 2.24) is 10.2 Å². The van der Waals surface area contributed by atoms with E-state index in [1.807, 2.05) is 0 Å². The van der Waals surface area contributed by atoms with Crippen LogP contribution in [0.4, 0.5) is 0 Å². The van der Waals surface area contributed by atoms with Crippen molar-refractivity contribution >= 4 is 0 Å². The van der Waals surface area contributed by atoms with Crippen molar-refractivity contribution in [3.05, 3.63) is 0 Å². The van der Waals surface area contributed by atoms with Gasteiger partial charge in [-0.3, -0.25) is 0 Å². The number of rotatable bonds is 6. The predicted molar refractivity (Wildman–Crippen MR) is 92.7 cm³/mol. The average Bonchev–Trinajstić information content (AvgIpc) is 2.48. The molecule has 1 saturated heterocycles. The Morgan fingerprint density at radius 3 is 2.52 bits per heavy atom. The molecule has 0 spiro atoms. The Kier molecular flexibility index (Phi) is 6.55. The van der Waals surface area contributed by atoms with E-state index >= 15 is 0 Å².